The molecule has 1 atom stereocenters. The highest BCUT2D eigenvalue weighted by molar-refractivity contribution is 5.76. The van der Waals surface area contributed by atoms with Gasteiger partial charge in [0.1, 0.15) is 0 Å². The van der Waals surface area contributed by atoms with Crippen LogP contribution in [0.25, 0.3) is 0 Å². The van der Waals surface area contributed by atoms with Crippen molar-refractivity contribution in [3.63, 3.8) is 0 Å². The van der Waals surface area contributed by atoms with E-state index >= 15 is 0 Å². The van der Waals surface area contributed by atoms with Gasteiger partial charge in [-0.15, -0.1) is 0 Å². The molecule has 1 unspecified atom stereocenters. The van der Waals surface area contributed by atoms with Crippen molar-refractivity contribution in [2.45, 2.75) is 57.9 Å². The van der Waals surface area contributed by atoms with E-state index in [4.69, 9.17) is 5.11 Å². The number of hydrogen-bond donors (Lipinski definition) is 2. The van der Waals surface area contributed by atoms with E-state index in [2.05, 4.69) is 43.4 Å². The Morgan fingerprint density at radius 1 is 1.29 bits per heavy atom. The summed E-state index contributed by atoms with van der Waals surface area (Å²) in [6.45, 7) is 4.52. The SMILES string of the molecule is CC(C)c1ccc(CCC(=O)NC(CCO)C2CC2)cc1. The van der Waals surface area contributed by atoms with Crippen LogP contribution in [-0.2, 0) is 11.2 Å². The van der Waals surface area contributed by atoms with Gasteiger partial charge in [-0.1, -0.05) is 38.1 Å². The van der Waals surface area contributed by atoms with Gasteiger partial charge in [-0.25, -0.2) is 0 Å². The number of aliphatic hydroxyl groups excluding tert-OH is 1. The number of amides is 1. The summed E-state index contributed by atoms with van der Waals surface area (Å²) in [5.41, 5.74) is 2.54. The van der Waals surface area contributed by atoms with Gasteiger partial charge in [-0.05, 0) is 48.6 Å². The molecule has 0 radical (unpaired) electrons. The Morgan fingerprint density at radius 3 is 2.48 bits per heavy atom. The maximum atomic E-state index is 12.0. The predicted molar refractivity (Wildman–Crippen MR) is 85.2 cm³/mol. The predicted octanol–water partition coefficient (Wildman–Crippen LogP) is 3.02. The Kier molecular flexibility index (Phi) is 5.80. The fourth-order valence-electron chi connectivity index (χ4n) is 2.67. The molecule has 1 aliphatic carbocycles. The van der Waals surface area contributed by atoms with Gasteiger partial charge in [0.2, 0.25) is 5.91 Å². The van der Waals surface area contributed by atoms with Crippen molar-refractivity contribution in [3.8, 4) is 0 Å². The molecule has 116 valence electrons. The van der Waals surface area contributed by atoms with Crippen LogP contribution in [0.2, 0.25) is 0 Å². The van der Waals surface area contributed by atoms with Crippen LogP contribution in [0.15, 0.2) is 24.3 Å². The van der Waals surface area contributed by atoms with Crippen LogP contribution in [-0.4, -0.2) is 23.7 Å². The number of carbonyl (C=O) groups is 1. The highest BCUT2D eigenvalue weighted by atomic mass is 16.3. The molecule has 1 aromatic rings. The maximum Gasteiger partial charge on any atom is 0.220 e. The van der Waals surface area contributed by atoms with Crippen molar-refractivity contribution in [2.24, 2.45) is 5.92 Å². The Morgan fingerprint density at radius 2 is 1.95 bits per heavy atom. The lowest BCUT2D eigenvalue weighted by molar-refractivity contribution is -0.122. The van der Waals surface area contributed by atoms with Crippen LogP contribution in [0.5, 0.6) is 0 Å². The number of rotatable bonds is 8. The number of aryl methyl sites for hydroxylation is 1. The molecule has 1 saturated carbocycles. The number of nitrogens with one attached hydrogen (secondary N) is 1. The summed E-state index contributed by atoms with van der Waals surface area (Å²) in [5.74, 6) is 1.24. The molecule has 2 rings (SSSR count). The average Bonchev–Trinajstić information content (AvgIpc) is 3.29. The van der Waals surface area contributed by atoms with Crippen molar-refractivity contribution >= 4 is 5.91 Å². The number of benzene rings is 1. The van der Waals surface area contributed by atoms with Crippen molar-refractivity contribution < 1.29 is 9.90 Å². The smallest absolute Gasteiger partial charge is 0.220 e. The topological polar surface area (TPSA) is 49.3 Å². The molecule has 3 heteroatoms. The van der Waals surface area contributed by atoms with Crippen LogP contribution in [0.4, 0.5) is 0 Å². The van der Waals surface area contributed by atoms with Crippen molar-refractivity contribution in [1.29, 1.82) is 0 Å². The minimum Gasteiger partial charge on any atom is -0.396 e. The van der Waals surface area contributed by atoms with Crippen LogP contribution in [0.3, 0.4) is 0 Å². The van der Waals surface area contributed by atoms with Crippen molar-refractivity contribution in [1.82, 2.24) is 5.32 Å². The molecule has 2 N–H and O–H groups in total. The van der Waals surface area contributed by atoms with E-state index in [0.29, 0.717) is 24.7 Å². The summed E-state index contributed by atoms with van der Waals surface area (Å²) in [7, 11) is 0. The van der Waals surface area contributed by atoms with Crippen LogP contribution in [0, 0.1) is 5.92 Å². The highest BCUT2D eigenvalue weighted by Crippen LogP contribution is 2.33. The van der Waals surface area contributed by atoms with Crippen LogP contribution in [0.1, 0.15) is 56.6 Å². The fourth-order valence-corrected chi connectivity index (χ4v) is 2.67. The largest absolute Gasteiger partial charge is 0.396 e. The Balaban J connectivity index is 1.77. The van der Waals surface area contributed by atoms with E-state index in [9.17, 15) is 4.79 Å². The number of hydrogen-bond acceptors (Lipinski definition) is 2. The van der Waals surface area contributed by atoms with E-state index in [1.54, 1.807) is 0 Å². The fraction of sp³-hybridized carbons (Fsp3) is 0.611. The zero-order valence-electron chi connectivity index (χ0n) is 13.1. The quantitative estimate of drug-likeness (QED) is 0.773. The molecule has 0 spiro atoms. The van der Waals surface area contributed by atoms with Gasteiger partial charge in [-0.2, -0.15) is 0 Å². The molecule has 0 heterocycles. The first-order chi connectivity index (χ1) is 10.1. The molecular formula is C18H27NO2. The second-order valence-corrected chi connectivity index (χ2v) is 6.42. The van der Waals surface area contributed by atoms with Gasteiger partial charge in [0.05, 0.1) is 0 Å². The minimum absolute atomic E-state index is 0.105. The first-order valence-corrected chi connectivity index (χ1v) is 8.09. The summed E-state index contributed by atoms with van der Waals surface area (Å²) < 4.78 is 0. The van der Waals surface area contributed by atoms with Crippen molar-refractivity contribution in [3.05, 3.63) is 35.4 Å². The van der Waals surface area contributed by atoms with Crippen LogP contribution < -0.4 is 5.32 Å². The first-order valence-electron chi connectivity index (χ1n) is 8.09. The van der Waals surface area contributed by atoms with E-state index in [1.807, 2.05) is 0 Å². The summed E-state index contributed by atoms with van der Waals surface area (Å²) in [6.07, 6.45) is 4.35. The summed E-state index contributed by atoms with van der Waals surface area (Å²) in [6, 6.07) is 8.71. The molecule has 1 amide bonds. The van der Waals surface area contributed by atoms with Gasteiger partial charge < -0.3 is 10.4 Å². The Bertz CT molecular complexity index is 449. The minimum atomic E-state index is 0.105. The molecule has 0 aliphatic heterocycles. The normalized spacial score (nSPS) is 16.0. The lowest BCUT2D eigenvalue weighted by Gasteiger charge is -2.17. The number of aliphatic hydroxyl groups is 1. The second kappa shape index (κ2) is 7.60. The first kappa shape index (κ1) is 16.0. The van der Waals surface area contributed by atoms with E-state index in [-0.39, 0.29) is 18.6 Å². The summed E-state index contributed by atoms with van der Waals surface area (Å²) in [5, 5.41) is 12.1. The van der Waals surface area contributed by atoms with Crippen LogP contribution >= 0.6 is 0 Å². The van der Waals surface area contributed by atoms with Gasteiger partial charge >= 0.3 is 0 Å². The summed E-state index contributed by atoms with van der Waals surface area (Å²) in [4.78, 5) is 12.0. The van der Waals surface area contributed by atoms with Gasteiger partial charge in [0.25, 0.3) is 0 Å². The molecule has 0 bridgehead atoms. The molecule has 0 saturated heterocycles. The standard InChI is InChI=1S/C18H27NO2/c1-13(2)15-6-3-14(4-7-15)5-10-18(21)19-17(11-12-20)16-8-9-16/h3-4,6-7,13,16-17,20H,5,8-12H2,1-2H3,(H,19,21). The molecule has 1 fully saturated rings. The lowest BCUT2D eigenvalue weighted by atomic mass is 10.00. The second-order valence-electron chi connectivity index (χ2n) is 6.42. The third-order valence-electron chi connectivity index (χ3n) is 4.26. The molecule has 1 aliphatic rings. The number of carbonyl (C=O) groups excluding carboxylic acids is 1. The monoisotopic (exact) mass is 289 g/mol. The third kappa shape index (κ3) is 5.16. The van der Waals surface area contributed by atoms with Gasteiger partial charge in [0, 0.05) is 19.1 Å². The third-order valence-corrected chi connectivity index (χ3v) is 4.26. The molecule has 1 aromatic carbocycles. The molecule has 3 nitrogen and oxygen atoms in total. The zero-order chi connectivity index (χ0) is 15.2. The Labute approximate surface area is 127 Å². The van der Waals surface area contributed by atoms with Crippen molar-refractivity contribution in [2.75, 3.05) is 6.61 Å². The van der Waals surface area contributed by atoms with Gasteiger partial charge in [-0.3, -0.25) is 4.79 Å². The average molecular weight is 289 g/mol. The lowest BCUT2D eigenvalue weighted by Crippen LogP contribution is -2.37. The highest BCUT2D eigenvalue weighted by Gasteiger charge is 2.31. The zero-order valence-corrected chi connectivity index (χ0v) is 13.1. The maximum absolute atomic E-state index is 12.0. The van der Waals surface area contributed by atoms with E-state index in [0.717, 1.165) is 6.42 Å². The van der Waals surface area contributed by atoms with E-state index in [1.165, 1.54) is 24.0 Å². The molecule has 21 heavy (non-hydrogen) atoms. The molecule has 0 aromatic heterocycles. The Hall–Kier alpha value is -1.35. The summed E-state index contributed by atoms with van der Waals surface area (Å²) >= 11 is 0. The molecular weight excluding hydrogens is 262 g/mol. The van der Waals surface area contributed by atoms with E-state index < -0.39 is 0 Å². The van der Waals surface area contributed by atoms with Gasteiger partial charge in [0.15, 0.2) is 0 Å².